The van der Waals surface area contributed by atoms with Crippen LogP contribution in [0.25, 0.3) is 0 Å². The average molecular weight is 259 g/mol. The molecular formula is C10H17N3O3S. The van der Waals surface area contributed by atoms with Crippen LogP contribution in [0.1, 0.15) is 31.0 Å². The first kappa shape index (κ1) is 12.5. The Bertz CT molecular complexity index is 469. The maximum atomic E-state index is 11.8. The molecule has 6 nitrogen and oxygen atoms in total. The predicted octanol–water partition coefficient (Wildman–Crippen LogP) is 0.0806. The van der Waals surface area contributed by atoms with Gasteiger partial charge in [-0.25, -0.2) is 8.42 Å². The molecule has 1 atom stereocenters. The molecule has 0 amide bonds. The Labute approximate surface area is 100 Å². The van der Waals surface area contributed by atoms with Crippen molar-refractivity contribution in [3.05, 3.63) is 11.7 Å². The van der Waals surface area contributed by atoms with Crippen molar-refractivity contribution in [1.29, 1.82) is 0 Å². The Morgan fingerprint density at radius 2 is 2.24 bits per heavy atom. The highest BCUT2D eigenvalue weighted by molar-refractivity contribution is 7.92. The summed E-state index contributed by atoms with van der Waals surface area (Å²) in [7, 11) is -2.98. The first-order chi connectivity index (χ1) is 8.12. The Morgan fingerprint density at radius 1 is 1.41 bits per heavy atom. The van der Waals surface area contributed by atoms with Crippen molar-refractivity contribution < 1.29 is 12.9 Å². The molecule has 7 heteroatoms. The maximum absolute atomic E-state index is 11.8. The van der Waals surface area contributed by atoms with E-state index in [9.17, 15) is 8.42 Å². The van der Waals surface area contributed by atoms with Gasteiger partial charge in [0.05, 0.1) is 11.0 Å². The molecule has 1 saturated heterocycles. The van der Waals surface area contributed by atoms with Crippen LogP contribution >= 0.6 is 0 Å². The molecule has 1 aliphatic heterocycles. The lowest BCUT2D eigenvalue weighted by molar-refractivity contribution is 0.367. The van der Waals surface area contributed by atoms with E-state index in [1.165, 1.54) is 0 Å². The second-order valence-corrected chi connectivity index (χ2v) is 6.73. The summed E-state index contributed by atoms with van der Waals surface area (Å²) in [6.45, 7) is 0.459. The molecule has 1 fully saturated rings. The summed E-state index contributed by atoms with van der Waals surface area (Å²) in [6, 6.07) is 0. The smallest absolute Gasteiger partial charge is 0.227 e. The lowest BCUT2D eigenvalue weighted by atomic mass is 10.1. The molecule has 0 saturated carbocycles. The average Bonchev–Trinajstić information content (AvgIpc) is 2.70. The van der Waals surface area contributed by atoms with Crippen molar-refractivity contribution in [2.75, 3.05) is 12.3 Å². The molecule has 96 valence electrons. The molecular weight excluding hydrogens is 242 g/mol. The van der Waals surface area contributed by atoms with Gasteiger partial charge >= 0.3 is 0 Å². The molecule has 0 spiro atoms. The van der Waals surface area contributed by atoms with Crippen LogP contribution in [-0.4, -0.2) is 36.1 Å². The Kier molecular flexibility index (Phi) is 3.78. The summed E-state index contributed by atoms with van der Waals surface area (Å²) in [5.41, 5.74) is 5.38. The minimum Gasteiger partial charge on any atom is -0.339 e. The van der Waals surface area contributed by atoms with Crippen LogP contribution < -0.4 is 5.73 Å². The molecule has 17 heavy (non-hydrogen) atoms. The molecule has 2 rings (SSSR count). The minimum absolute atomic E-state index is 0.279. The van der Waals surface area contributed by atoms with Gasteiger partial charge in [0, 0.05) is 12.8 Å². The Morgan fingerprint density at radius 3 is 2.94 bits per heavy atom. The highest BCUT2D eigenvalue weighted by Crippen LogP contribution is 2.22. The topological polar surface area (TPSA) is 99.1 Å². The van der Waals surface area contributed by atoms with Gasteiger partial charge in [0.2, 0.25) is 5.89 Å². The van der Waals surface area contributed by atoms with E-state index in [1.807, 2.05) is 0 Å². The van der Waals surface area contributed by atoms with Crippen molar-refractivity contribution in [1.82, 2.24) is 10.1 Å². The number of nitrogens with zero attached hydrogens (tertiary/aromatic N) is 2. The van der Waals surface area contributed by atoms with Crippen molar-refractivity contribution in [2.24, 2.45) is 5.73 Å². The third-order valence-electron chi connectivity index (χ3n) is 2.99. The molecule has 0 radical (unpaired) electrons. The first-order valence-corrected chi connectivity index (χ1v) is 7.56. The van der Waals surface area contributed by atoms with Crippen LogP contribution in [0, 0.1) is 0 Å². The van der Waals surface area contributed by atoms with Crippen molar-refractivity contribution in [3.8, 4) is 0 Å². The Balaban J connectivity index is 2.04. The zero-order valence-corrected chi connectivity index (χ0v) is 10.4. The fraction of sp³-hybridized carbons (Fsp3) is 0.800. The second-order valence-electron chi connectivity index (χ2n) is 4.33. The number of nitrogens with two attached hydrogens (primary N) is 1. The number of aromatic nitrogens is 2. The van der Waals surface area contributed by atoms with Crippen LogP contribution in [0.15, 0.2) is 4.52 Å². The van der Waals surface area contributed by atoms with Crippen LogP contribution in [0.3, 0.4) is 0 Å². The fourth-order valence-corrected chi connectivity index (χ4v) is 3.91. The van der Waals surface area contributed by atoms with E-state index in [1.54, 1.807) is 0 Å². The van der Waals surface area contributed by atoms with Crippen LogP contribution in [-0.2, 0) is 22.7 Å². The van der Waals surface area contributed by atoms with Gasteiger partial charge in [-0.2, -0.15) is 4.98 Å². The molecule has 1 aromatic heterocycles. The fourth-order valence-electron chi connectivity index (χ4n) is 2.05. The first-order valence-electron chi connectivity index (χ1n) is 5.85. The van der Waals surface area contributed by atoms with Crippen molar-refractivity contribution in [2.45, 2.75) is 37.4 Å². The zero-order chi connectivity index (χ0) is 12.3. The quantitative estimate of drug-likeness (QED) is 0.822. The predicted molar refractivity (Wildman–Crippen MR) is 62.2 cm³/mol. The number of hydrogen-bond donors (Lipinski definition) is 1. The third kappa shape index (κ3) is 3.04. The molecule has 1 aromatic rings. The monoisotopic (exact) mass is 259 g/mol. The summed E-state index contributed by atoms with van der Waals surface area (Å²) >= 11 is 0. The lowest BCUT2D eigenvalue weighted by Gasteiger charge is -2.20. The molecule has 2 heterocycles. The van der Waals surface area contributed by atoms with Crippen LogP contribution in [0.5, 0.6) is 0 Å². The standard InChI is InChI=1S/C10H17N3O3S/c11-5-4-9-12-10(16-13-9)7-8-3-1-2-6-17(8,14)15/h8H,1-7,11H2. The molecule has 0 aromatic carbocycles. The molecule has 1 aliphatic rings. The maximum Gasteiger partial charge on any atom is 0.227 e. The third-order valence-corrected chi connectivity index (χ3v) is 5.27. The number of rotatable bonds is 4. The van der Waals surface area contributed by atoms with Gasteiger partial charge in [-0.3, -0.25) is 0 Å². The van der Waals surface area contributed by atoms with Gasteiger partial charge in [-0.1, -0.05) is 11.6 Å². The van der Waals surface area contributed by atoms with E-state index in [4.69, 9.17) is 10.3 Å². The second kappa shape index (κ2) is 5.14. The highest BCUT2D eigenvalue weighted by atomic mass is 32.2. The number of sulfone groups is 1. The Hall–Kier alpha value is -0.950. The van der Waals surface area contributed by atoms with Gasteiger partial charge in [0.1, 0.15) is 0 Å². The zero-order valence-electron chi connectivity index (χ0n) is 9.63. The molecule has 0 aliphatic carbocycles. The van der Waals surface area contributed by atoms with E-state index in [-0.39, 0.29) is 11.0 Å². The van der Waals surface area contributed by atoms with E-state index in [0.717, 1.165) is 12.8 Å². The van der Waals surface area contributed by atoms with E-state index >= 15 is 0 Å². The van der Waals surface area contributed by atoms with Crippen LogP contribution in [0.4, 0.5) is 0 Å². The van der Waals surface area contributed by atoms with Crippen molar-refractivity contribution >= 4 is 9.84 Å². The summed E-state index contributed by atoms with van der Waals surface area (Å²) in [6.07, 6.45) is 3.30. The van der Waals surface area contributed by atoms with Gasteiger partial charge in [-0.05, 0) is 19.4 Å². The summed E-state index contributed by atoms with van der Waals surface area (Å²) < 4.78 is 28.6. The summed E-state index contributed by atoms with van der Waals surface area (Å²) in [5.74, 6) is 1.24. The SMILES string of the molecule is NCCc1noc(CC2CCCCS2(=O)=O)n1. The lowest BCUT2D eigenvalue weighted by Crippen LogP contribution is -2.30. The van der Waals surface area contributed by atoms with Crippen molar-refractivity contribution in [3.63, 3.8) is 0 Å². The normalized spacial score (nSPS) is 23.7. The van der Waals surface area contributed by atoms with Gasteiger partial charge in [0.25, 0.3) is 0 Å². The summed E-state index contributed by atoms with van der Waals surface area (Å²) in [5, 5.41) is 3.40. The van der Waals surface area contributed by atoms with Gasteiger partial charge < -0.3 is 10.3 Å². The summed E-state index contributed by atoms with van der Waals surface area (Å²) in [4.78, 5) is 4.14. The van der Waals surface area contributed by atoms with Crippen LogP contribution in [0.2, 0.25) is 0 Å². The molecule has 1 unspecified atom stereocenters. The highest BCUT2D eigenvalue weighted by Gasteiger charge is 2.30. The van der Waals surface area contributed by atoms with E-state index < -0.39 is 9.84 Å². The largest absolute Gasteiger partial charge is 0.339 e. The number of hydrogen-bond acceptors (Lipinski definition) is 6. The van der Waals surface area contributed by atoms with Gasteiger partial charge in [-0.15, -0.1) is 0 Å². The van der Waals surface area contributed by atoms with Gasteiger partial charge in [0.15, 0.2) is 15.7 Å². The minimum atomic E-state index is -2.98. The molecule has 2 N–H and O–H groups in total. The van der Waals surface area contributed by atoms with E-state index in [0.29, 0.717) is 37.5 Å². The molecule has 0 bridgehead atoms. The van der Waals surface area contributed by atoms with E-state index in [2.05, 4.69) is 10.1 Å².